The summed E-state index contributed by atoms with van der Waals surface area (Å²) in [5.41, 5.74) is 2.67. The average molecular weight is 250 g/mol. The van der Waals surface area contributed by atoms with Crippen molar-refractivity contribution >= 4 is 5.69 Å². The van der Waals surface area contributed by atoms with Crippen LogP contribution in [0.1, 0.15) is 32.4 Å². The normalized spacial score (nSPS) is 12.4. The van der Waals surface area contributed by atoms with Gasteiger partial charge < -0.3 is 15.0 Å². The molecule has 0 fully saturated rings. The predicted molar refractivity (Wildman–Crippen MR) is 78.3 cm³/mol. The Morgan fingerprint density at radius 3 is 2.61 bits per heavy atom. The molecule has 0 amide bonds. The smallest absolute Gasteiger partial charge is 0.0637 e. The molecule has 1 aromatic rings. The van der Waals surface area contributed by atoms with E-state index in [1.807, 2.05) is 0 Å². The van der Waals surface area contributed by atoms with Crippen molar-refractivity contribution in [1.29, 1.82) is 0 Å². The van der Waals surface area contributed by atoms with Gasteiger partial charge in [0.2, 0.25) is 0 Å². The molecule has 0 aliphatic carbocycles. The standard InChI is InChI=1S/C15H26N2O/c1-5-16-13(3)14-9-7-8-10-15(14)17(6-2)11-12-18-4/h7-10,13,16H,5-6,11-12H2,1-4H3. The maximum absolute atomic E-state index is 5.19. The molecule has 1 rings (SSSR count). The molecule has 0 radical (unpaired) electrons. The Labute approximate surface area is 111 Å². The Morgan fingerprint density at radius 1 is 1.28 bits per heavy atom. The molecule has 0 aliphatic rings. The van der Waals surface area contributed by atoms with Crippen LogP contribution in [0.25, 0.3) is 0 Å². The fraction of sp³-hybridized carbons (Fsp3) is 0.600. The topological polar surface area (TPSA) is 24.5 Å². The minimum absolute atomic E-state index is 0.378. The second-order valence-electron chi connectivity index (χ2n) is 4.41. The van der Waals surface area contributed by atoms with Crippen molar-refractivity contribution in [2.75, 3.05) is 38.3 Å². The van der Waals surface area contributed by atoms with Gasteiger partial charge in [0.15, 0.2) is 0 Å². The molecule has 3 heteroatoms. The number of likely N-dealkylation sites (N-methyl/N-ethyl adjacent to an activating group) is 1. The van der Waals surface area contributed by atoms with Gasteiger partial charge in [0.1, 0.15) is 0 Å². The maximum atomic E-state index is 5.19. The number of nitrogens with zero attached hydrogens (tertiary/aromatic N) is 1. The molecule has 0 aliphatic heterocycles. The van der Waals surface area contributed by atoms with E-state index in [4.69, 9.17) is 4.74 Å². The van der Waals surface area contributed by atoms with Gasteiger partial charge in [0.25, 0.3) is 0 Å². The molecular weight excluding hydrogens is 224 g/mol. The number of nitrogens with one attached hydrogen (secondary N) is 1. The van der Waals surface area contributed by atoms with Gasteiger partial charge >= 0.3 is 0 Å². The molecule has 0 saturated carbocycles. The Kier molecular flexibility index (Phi) is 6.76. The molecule has 102 valence electrons. The van der Waals surface area contributed by atoms with Gasteiger partial charge in [0.05, 0.1) is 6.61 Å². The Hall–Kier alpha value is -1.06. The zero-order valence-electron chi connectivity index (χ0n) is 12.1. The first-order valence-corrected chi connectivity index (χ1v) is 6.80. The molecule has 0 bridgehead atoms. The lowest BCUT2D eigenvalue weighted by atomic mass is 10.0. The molecule has 1 unspecified atom stereocenters. The number of para-hydroxylation sites is 1. The maximum Gasteiger partial charge on any atom is 0.0637 e. The summed E-state index contributed by atoms with van der Waals surface area (Å²) in [7, 11) is 1.75. The van der Waals surface area contributed by atoms with Gasteiger partial charge in [-0.25, -0.2) is 0 Å². The van der Waals surface area contributed by atoms with Crippen LogP contribution in [0.15, 0.2) is 24.3 Å². The van der Waals surface area contributed by atoms with Crippen molar-refractivity contribution < 1.29 is 4.74 Å². The van der Waals surface area contributed by atoms with Gasteiger partial charge in [0, 0.05) is 31.9 Å². The van der Waals surface area contributed by atoms with Gasteiger partial charge in [-0.05, 0) is 32.0 Å². The lowest BCUT2D eigenvalue weighted by molar-refractivity contribution is 0.205. The number of ether oxygens (including phenoxy) is 1. The van der Waals surface area contributed by atoms with Crippen LogP contribution in [0.5, 0.6) is 0 Å². The van der Waals surface area contributed by atoms with Crippen LogP contribution in [-0.4, -0.2) is 33.4 Å². The van der Waals surface area contributed by atoms with Crippen LogP contribution in [0.2, 0.25) is 0 Å². The minimum atomic E-state index is 0.378. The molecule has 3 nitrogen and oxygen atoms in total. The minimum Gasteiger partial charge on any atom is -0.383 e. The summed E-state index contributed by atoms with van der Waals surface area (Å²) in [5, 5.41) is 3.48. The van der Waals surface area contributed by atoms with Crippen molar-refractivity contribution in [2.45, 2.75) is 26.8 Å². The summed E-state index contributed by atoms with van der Waals surface area (Å²) < 4.78 is 5.19. The highest BCUT2D eigenvalue weighted by Crippen LogP contribution is 2.25. The lowest BCUT2D eigenvalue weighted by Gasteiger charge is -2.27. The van der Waals surface area contributed by atoms with Crippen molar-refractivity contribution in [1.82, 2.24) is 5.32 Å². The summed E-state index contributed by atoms with van der Waals surface area (Å²) in [4.78, 5) is 2.37. The third-order valence-electron chi connectivity index (χ3n) is 3.20. The zero-order valence-corrected chi connectivity index (χ0v) is 12.1. The van der Waals surface area contributed by atoms with E-state index in [-0.39, 0.29) is 0 Å². The van der Waals surface area contributed by atoms with Crippen LogP contribution in [-0.2, 0) is 4.74 Å². The van der Waals surface area contributed by atoms with Crippen molar-refractivity contribution in [3.05, 3.63) is 29.8 Å². The van der Waals surface area contributed by atoms with E-state index in [2.05, 4.69) is 55.3 Å². The molecule has 1 atom stereocenters. The third-order valence-corrected chi connectivity index (χ3v) is 3.20. The second-order valence-corrected chi connectivity index (χ2v) is 4.41. The first-order valence-electron chi connectivity index (χ1n) is 6.80. The highest BCUT2D eigenvalue weighted by atomic mass is 16.5. The SMILES string of the molecule is CCNC(C)c1ccccc1N(CC)CCOC. The van der Waals surface area contributed by atoms with E-state index < -0.39 is 0 Å². The zero-order chi connectivity index (χ0) is 13.4. The summed E-state index contributed by atoms with van der Waals surface area (Å²) >= 11 is 0. The van der Waals surface area contributed by atoms with Crippen LogP contribution in [0.4, 0.5) is 5.69 Å². The van der Waals surface area contributed by atoms with E-state index >= 15 is 0 Å². The van der Waals surface area contributed by atoms with Gasteiger partial charge in [-0.3, -0.25) is 0 Å². The average Bonchev–Trinajstić information content (AvgIpc) is 2.40. The molecular formula is C15H26N2O. The van der Waals surface area contributed by atoms with E-state index in [1.165, 1.54) is 11.3 Å². The summed E-state index contributed by atoms with van der Waals surface area (Å²) in [6.45, 7) is 10.2. The number of anilines is 1. The highest BCUT2D eigenvalue weighted by molar-refractivity contribution is 5.54. The van der Waals surface area contributed by atoms with Crippen LogP contribution < -0.4 is 10.2 Å². The first-order chi connectivity index (χ1) is 8.74. The number of hydrogen-bond acceptors (Lipinski definition) is 3. The summed E-state index contributed by atoms with van der Waals surface area (Å²) in [6, 6.07) is 8.99. The van der Waals surface area contributed by atoms with Crippen LogP contribution >= 0.6 is 0 Å². The number of benzene rings is 1. The Morgan fingerprint density at radius 2 is 2.00 bits per heavy atom. The van der Waals surface area contributed by atoms with Crippen molar-refractivity contribution in [3.63, 3.8) is 0 Å². The quantitative estimate of drug-likeness (QED) is 0.768. The van der Waals surface area contributed by atoms with Gasteiger partial charge in [-0.15, -0.1) is 0 Å². The molecule has 0 aromatic heterocycles. The molecule has 1 N–H and O–H groups in total. The lowest BCUT2D eigenvalue weighted by Crippen LogP contribution is -2.29. The number of hydrogen-bond donors (Lipinski definition) is 1. The van der Waals surface area contributed by atoms with E-state index in [0.717, 1.165) is 26.2 Å². The molecule has 18 heavy (non-hydrogen) atoms. The molecule has 0 heterocycles. The highest BCUT2D eigenvalue weighted by Gasteiger charge is 2.13. The van der Waals surface area contributed by atoms with Crippen molar-refractivity contribution in [2.24, 2.45) is 0 Å². The van der Waals surface area contributed by atoms with E-state index in [1.54, 1.807) is 7.11 Å². The van der Waals surface area contributed by atoms with Gasteiger partial charge in [-0.1, -0.05) is 25.1 Å². The Balaban J connectivity index is 2.91. The van der Waals surface area contributed by atoms with Gasteiger partial charge in [-0.2, -0.15) is 0 Å². The second kappa shape index (κ2) is 8.11. The summed E-state index contributed by atoms with van der Waals surface area (Å²) in [5.74, 6) is 0. The first kappa shape index (κ1) is 15.0. The largest absolute Gasteiger partial charge is 0.383 e. The molecule has 0 spiro atoms. The van der Waals surface area contributed by atoms with Crippen LogP contribution in [0.3, 0.4) is 0 Å². The van der Waals surface area contributed by atoms with Crippen molar-refractivity contribution in [3.8, 4) is 0 Å². The number of rotatable bonds is 8. The Bertz CT molecular complexity index is 341. The third kappa shape index (κ3) is 4.00. The fourth-order valence-corrected chi connectivity index (χ4v) is 2.21. The fourth-order valence-electron chi connectivity index (χ4n) is 2.21. The van der Waals surface area contributed by atoms with E-state index in [0.29, 0.717) is 6.04 Å². The molecule has 0 saturated heterocycles. The molecule has 1 aromatic carbocycles. The summed E-state index contributed by atoms with van der Waals surface area (Å²) in [6.07, 6.45) is 0. The van der Waals surface area contributed by atoms with Crippen LogP contribution in [0, 0.1) is 0 Å². The predicted octanol–water partition coefficient (Wildman–Crippen LogP) is 2.83. The number of methoxy groups -OCH3 is 1. The monoisotopic (exact) mass is 250 g/mol. The van der Waals surface area contributed by atoms with E-state index in [9.17, 15) is 0 Å².